The normalized spacial score (nSPS) is 19.6. The second-order valence-electron chi connectivity index (χ2n) is 11.6. The van der Waals surface area contributed by atoms with E-state index in [1.807, 2.05) is 17.6 Å². The van der Waals surface area contributed by atoms with Crippen molar-refractivity contribution in [3.63, 3.8) is 0 Å². The summed E-state index contributed by atoms with van der Waals surface area (Å²) in [6.45, 7) is 4.45. The van der Waals surface area contributed by atoms with E-state index >= 15 is 0 Å². The van der Waals surface area contributed by atoms with Crippen molar-refractivity contribution in [2.45, 2.75) is 63.9 Å². The van der Waals surface area contributed by atoms with Gasteiger partial charge in [-0.15, -0.1) is 0 Å². The maximum atomic E-state index is 13.7. The number of likely N-dealkylation sites (tertiary alicyclic amines) is 1. The van der Waals surface area contributed by atoms with Crippen molar-refractivity contribution in [1.82, 2.24) is 19.1 Å². The van der Waals surface area contributed by atoms with Crippen LogP contribution in [-0.2, 0) is 12.1 Å². The Balaban J connectivity index is 1.48. The second-order valence-corrected chi connectivity index (χ2v) is 11.6. The summed E-state index contributed by atoms with van der Waals surface area (Å²) in [7, 11) is 1.55. The van der Waals surface area contributed by atoms with Crippen LogP contribution >= 0.6 is 0 Å². The highest BCUT2D eigenvalue weighted by molar-refractivity contribution is 5.96. The zero-order chi connectivity index (χ0) is 29.3. The Hall–Kier alpha value is -3.57. The molecule has 1 aliphatic carbocycles. The fourth-order valence-electron chi connectivity index (χ4n) is 5.85. The van der Waals surface area contributed by atoms with Gasteiger partial charge in [-0.25, -0.2) is 4.52 Å². The topological polar surface area (TPSA) is 98.0 Å². The number of hydrogen-bond acceptors (Lipinski definition) is 5. The third-order valence-corrected chi connectivity index (χ3v) is 8.54. The van der Waals surface area contributed by atoms with E-state index in [1.165, 1.54) is 12.1 Å². The summed E-state index contributed by atoms with van der Waals surface area (Å²) in [5, 5.41) is 16.0. The minimum Gasteiger partial charge on any atom is -0.494 e. The Morgan fingerprint density at radius 1 is 1.20 bits per heavy atom. The first-order valence-corrected chi connectivity index (χ1v) is 13.9. The first-order chi connectivity index (χ1) is 19.4. The number of halogens is 3. The quantitative estimate of drug-likeness (QED) is 0.340. The van der Waals surface area contributed by atoms with Gasteiger partial charge < -0.3 is 25.0 Å². The number of benzene rings is 1. The van der Waals surface area contributed by atoms with Crippen LogP contribution in [0.15, 0.2) is 36.5 Å². The van der Waals surface area contributed by atoms with Crippen molar-refractivity contribution in [3.05, 3.63) is 53.2 Å². The van der Waals surface area contributed by atoms with Crippen molar-refractivity contribution in [2.24, 2.45) is 11.7 Å². The first-order valence-electron chi connectivity index (χ1n) is 13.9. The van der Waals surface area contributed by atoms with Crippen molar-refractivity contribution < 1.29 is 27.8 Å². The summed E-state index contributed by atoms with van der Waals surface area (Å²) in [5.74, 6) is 0.784. The van der Waals surface area contributed by atoms with E-state index in [4.69, 9.17) is 15.6 Å². The number of alkyl halides is 3. The molecular formula is C30H34F3N5O3. The van der Waals surface area contributed by atoms with Crippen molar-refractivity contribution in [3.8, 4) is 17.1 Å². The zero-order valence-corrected chi connectivity index (χ0v) is 23.3. The molecule has 4 heterocycles. The standard InChI is InChI=1S/C30H34F3N5O3/c1-17-26(35-38-15-20(12-25(41-3)27(17)38)28(39)36-10-4-5-22(34)16-36)24-11-19-8-9-21(29(2,40)30(31,32)33)13-23(19)37(24)14-18-6-7-18/h8-9,11-13,15,18,22,40H,4-7,10,14,16,34H2,1-3H3. The minimum absolute atomic E-state index is 0.0504. The molecule has 11 heteroatoms. The first kappa shape index (κ1) is 27.6. The Labute approximate surface area is 235 Å². The third kappa shape index (κ3) is 4.74. The molecule has 8 nitrogen and oxygen atoms in total. The van der Waals surface area contributed by atoms with Crippen molar-refractivity contribution >= 4 is 22.3 Å². The van der Waals surface area contributed by atoms with Gasteiger partial charge in [0.25, 0.3) is 5.91 Å². The molecule has 0 bridgehead atoms. The van der Waals surface area contributed by atoms with Gasteiger partial charge in [-0.2, -0.15) is 18.3 Å². The number of piperidine rings is 1. The number of nitrogens with zero attached hydrogens (tertiary/aromatic N) is 4. The average molecular weight is 570 g/mol. The zero-order valence-electron chi connectivity index (χ0n) is 23.3. The lowest BCUT2D eigenvalue weighted by atomic mass is 9.94. The Kier molecular flexibility index (Phi) is 6.57. The van der Waals surface area contributed by atoms with Crippen LogP contribution in [0.4, 0.5) is 13.2 Å². The van der Waals surface area contributed by atoms with Gasteiger partial charge in [0.05, 0.1) is 18.4 Å². The van der Waals surface area contributed by atoms with Gasteiger partial charge in [-0.3, -0.25) is 4.79 Å². The van der Waals surface area contributed by atoms with E-state index in [-0.39, 0.29) is 17.5 Å². The van der Waals surface area contributed by atoms with Gasteiger partial charge in [0.1, 0.15) is 17.0 Å². The summed E-state index contributed by atoms with van der Waals surface area (Å²) in [5.41, 5.74) is 6.89. The highest BCUT2D eigenvalue weighted by atomic mass is 19.4. The van der Waals surface area contributed by atoms with Crippen LogP contribution in [0.25, 0.3) is 27.8 Å². The molecule has 1 aromatic carbocycles. The number of methoxy groups -OCH3 is 1. The SMILES string of the molecule is COc1cc(C(=O)N2CCCC(N)C2)cn2nc(-c3cc4ccc(C(C)(O)C(F)(F)F)cc4n3CC3CC3)c(C)c12. The number of aliphatic hydroxyl groups is 1. The lowest BCUT2D eigenvalue weighted by Crippen LogP contribution is -2.45. The number of pyridine rings is 1. The smallest absolute Gasteiger partial charge is 0.421 e. The monoisotopic (exact) mass is 569 g/mol. The molecule has 1 amide bonds. The van der Waals surface area contributed by atoms with Gasteiger partial charge in [0, 0.05) is 48.3 Å². The predicted octanol–water partition coefficient (Wildman–Crippen LogP) is 5.02. The molecule has 2 fully saturated rings. The predicted molar refractivity (Wildman–Crippen MR) is 149 cm³/mol. The fourth-order valence-corrected chi connectivity index (χ4v) is 5.85. The van der Waals surface area contributed by atoms with Crippen LogP contribution in [0.1, 0.15) is 54.1 Å². The molecule has 0 spiro atoms. The molecule has 4 aromatic rings. The number of ether oxygens (including phenoxy) is 1. The summed E-state index contributed by atoms with van der Waals surface area (Å²) in [4.78, 5) is 15.1. The highest BCUT2D eigenvalue weighted by Gasteiger charge is 2.51. The number of aromatic nitrogens is 3. The molecule has 1 saturated heterocycles. The molecule has 6 rings (SSSR count). The van der Waals surface area contributed by atoms with Crippen LogP contribution in [-0.4, -0.2) is 62.5 Å². The molecule has 2 aliphatic rings. The molecule has 41 heavy (non-hydrogen) atoms. The molecule has 218 valence electrons. The number of nitrogens with two attached hydrogens (primary N) is 1. The molecule has 0 radical (unpaired) electrons. The van der Waals surface area contributed by atoms with E-state index in [0.717, 1.165) is 49.3 Å². The van der Waals surface area contributed by atoms with Crippen LogP contribution < -0.4 is 10.5 Å². The van der Waals surface area contributed by atoms with Crippen LogP contribution in [0, 0.1) is 12.8 Å². The Morgan fingerprint density at radius 3 is 2.61 bits per heavy atom. The van der Waals surface area contributed by atoms with Crippen LogP contribution in [0.5, 0.6) is 5.75 Å². The van der Waals surface area contributed by atoms with E-state index in [2.05, 4.69) is 0 Å². The molecular weight excluding hydrogens is 535 g/mol. The van der Waals surface area contributed by atoms with Crippen molar-refractivity contribution in [2.75, 3.05) is 20.2 Å². The van der Waals surface area contributed by atoms with Gasteiger partial charge in [-0.05, 0) is 69.2 Å². The summed E-state index contributed by atoms with van der Waals surface area (Å²) < 4.78 is 50.4. The number of amides is 1. The summed E-state index contributed by atoms with van der Waals surface area (Å²) >= 11 is 0. The lowest BCUT2D eigenvalue weighted by Gasteiger charge is -2.30. The van der Waals surface area contributed by atoms with Crippen LogP contribution in [0.2, 0.25) is 0 Å². The van der Waals surface area contributed by atoms with Crippen molar-refractivity contribution in [1.29, 1.82) is 0 Å². The average Bonchev–Trinajstić information content (AvgIpc) is 3.60. The Morgan fingerprint density at radius 2 is 1.95 bits per heavy atom. The number of aryl methyl sites for hydroxylation is 1. The van der Waals surface area contributed by atoms with Gasteiger partial charge in [0.2, 0.25) is 0 Å². The second kappa shape index (κ2) is 9.77. The molecule has 3 N–H and O–H groups in total. The number of carbonyl (C=O) groups excluding carboxylic acids is 1. The number of rotatable bonds is 6. The lowest BCUT2D eigenvalue weighted by molar-refractivity contribution is -0.258. The molecule has 3 aromatic heterocycles. The molecule has 2 atom stereocenters. The Bertz CT molecular complexity index is 1650. The fraction of sp³-hybridized carbons (Fsp3) is 0.467. The minimum atomic E-state index is -4.82. The molecule has 1 saturated carbocycles. The molecule has 2 unspecified atom stereocenters. The summed E-state index contributed by atoms with van der Waals surface area (Å²) in [6, 6.07) is 7.97. The van der Waals surface area contributed by atoms with Gasteiger partial charge in [0.15, 0.2) is 5.60 Å². The van der Waals surface area contributed by atoms with E-state index < -0.39 is 11.8 Å². The van der Waals surface area contributed by atoms with E-state index in [1.54, 1.807) is 34.9 Å². The maximum Gasteiger partial charge on any atom is 0.421 e. The third-order valence-electron chi connectivity index (χ3n) is 8.54. The maximum absolute atomic E-state index is 13.7. The number of carbonyl (C=O) groups is 1. The van der Waals surface area contributed by atoms with E-state index in [9.17, 15) is 23.1 Å². The highest BCUT2D eigenvalue weighted by Crippen LogP contribution is 2.42. The largest absolute Gasteiger partial charge is 0.494 e. The van der Waals surface area contributed by atoms with E-state index in [0.29, 0.717) is 53.6 Å². The summed E-state index contributed by atoms with van der Waals surface area (Å²) in [6.07, 6.45) is 0.705. The number of hydrogen-bond donors (Lipinski definition) is 2. The molecule has 1 aliphatic heterocycles. The van der Waals surface area contributed by atoms with Gasteiger partial charge in [-0.1, -0.05) is 12.1 Å². The number of fused-ring (bicyclic) bond motifs is 2. The van der Waals surface area contributed by atoms with Gasteiger partial charge >= 0.3 is 6.18 Å². The van der Waals surface area contributed by atoms with Crippen LogP contribution in [0.3, 0.4) is 0 Å².